The average Bonchev–Trinajstić information content (AvgIpc) is 2.10. The van der Waals surface area contributed by atoms with Crippen LogP contribution in [0.15, 0.2) is 187 Å². The van der Waals surface area contributed by atoms with Gasteiger partial charge in [-0.1, -0.05) is 42.5 Å². The maximum Gasteiger partial charge on any atom is 0.416 e. The van der Waals surface area contributed by atoms with Crippen molar-refractivity contribution in [1.82, 2.24) is 16.0 Å². The lowest BCUT2D eigenvalue weighted by Crippen LogP contribution is -2.24. The van der Waals surface area contributed by atoms with Crippen LogP contribution in [-0.2, 0) is 32.4 Å². The molecule has 0 heterocycles. The second-order valence-corrected chi connectivity index (χ2v) is 19.2. The molecule has 0 bridgehead atoms. The molecule has 3 aliphatic carbocycles. The number of allylic oxidation sites excluding steroid dienone is 9. The summed E-state index contributed by atoms with van der Waals surface area (Å²) in [6.45, 7) is 3.02. The largest absolute Gasteiger partial charge is 0.490 e. The molecule has 0 aromatic heterocycles. The van der Waals surface area contributed by atoms with Crippen molar-refractivity contribution >= 4 is 35.1 Å². The van der Waals surface area contributed by atoms with Gasteiger partial charge in [0.25, 0.3) is 29.6 Å². The summed E-state index contributed by atoms with van der Waals surface area (Å²) in [6, 6.07) is 21.7. The third kappa shape index (κ3) is 17.9. The minimum absolute atomic E-state index is 0.00959. The highest BCUT2D eigenvalue weighted by Crippen LogP contribution is 2.40. The maximum atomic E-state index is 13.9. The summed E-state index contributed by atoms with van der Waals surface area (Å²) in [5, 5.41) is 7.53. The number of para-hydroxylation sites is 1. The molecule has 0 spiro atoms. The predicted molar refractivity (Wildman–Crippen MR) is 297 cm³/mol. The lowest BCUT2D eigenvalue weighted by Gasteiger charge is -2.17. The number of carbonyl (C=O) groups excluding carboxylic acids is 6. The summed E-state index contributed by atoms with van der Waals surface area (Å²) in [4.78, 5) is 72.4. The fourth-order valence-corrected chi connectivity index (χ4v) is 7.96. The van der Waals surface area contributed by atoms with E-state index >= 15 is 0 Å². The summed E-state index contributed by atoms with van der Waals surface area (Å²) < 4.78 is 157. The summed E-state index contributed by atoms with van der Waals surface area (Å²) in [5.41, 5.74) is -0.900. The van der Waals surface area contributed by atoms with Crippen molar-refractivity contribution in [2.75, 3.05) is 7.11 Å². The molecule has 0 atom stereocenters. The van der Waals surface area contributed by atoms with Gasteiger partial charge in [-0.3, -0.25) is 28.8 Å². The molecule has 6 aromatic rings. The molecule has 0 saturated heterocycles. The average molecular weight is 1210 g/mol. The molecule has 0 aliphatic heterocycles. The number of carbonyl (C=O) groups is 6. The predicted octanol–water partition coefficient (Wildman–Crippen LogP) is 14.8. The summed E-state index contributed by atoms with van der Waals surface area (Å²) in [6.07, 6.45) is 9.16. The van der Waals surface area contributed by atoms with Gasteiger partial charge in [0.2, 0.25) is 0 Å². The van der Waals surface area contributed by atoms with E-state index in [-0.39, 0.29) is 110 Å². The Hall–Kier alpha value is -10.3. The van der Waals surface area contributed by atoms with Crippen LogP contribution >= 0.6 is 0 Å². The van der Waals surface area contributed by atoms with Gasteiger partial charge in [-0.2, -0.15) is 13.2 Å². The number of ketones is 3. The zero-order valence-electron chi connectivity index (χ0n) is 46.1. The van der Waals surface area contributed by atoms with Gasteiger partial charge in [-0.05, 0) is 116 Å². The summed E-state index contributed by atoms with van der Waals surface area (Å²) in [7, 11) is 1.17. The van der Waals surface area contributed by atoms with Crippen molar-refractivity contribution in [3.8, 4) is 40.2 Å². The third-order valence-corrected chi connectivity index (χ3v) is 12.4. The van der Waals surface area contributed by atoms with Gasteiger partial charge in [0.15, 0.2) is 34.7 Å². The van der Waals surface area contributed by atoms with E-state index in [1.165, 1.54) is 79.9 Å². The SMILES string of the molecule is CC(F)(F)c1ccc(C(=O)NC2=CC(=O)CC=C2)c(Oc2ccc(F)cc2)c1.COc1c(F)cccc1Oc1cc(C(F)(F)F)ccc1C(=O)NC1=CC(=O)CC=C1.Cc1ccc(Oc2cc(C(C)(F)F)ccc2C(=O)NC2=CC(=O)CC=C2)cc1F. The van der Waals surface area contributed by atoms with E-state index in [1.807, 2.05) is 0 Å². The highest BCUT2D eigenvalue weighted by atomic mass is 19.4. The Labute approximate surface area is 490 Å². The molecule has 3 N–H and O–H groups in total. The first kappa shape index (κ1) is 64.2. The lowest BCUT2D eigenvalue weighted by atomic mass is 10.0. The molecule has 3 amide bonds. The number of alkyl halides is 7. The first-order valence-corrected chi connectivity index (χ1v) is 25.9. The Kier molecular flexibility index (Phi) is 20.4. The van der Waals surface area contributed by atoms with E-state index in [4.69, 9.17) is 18.9 Å². The van der Waals surface area contributed by atoms with Crippen LogP contribution in [0.3, 0.4) is 0 Å². The molecule has 450 valence electrons. The highest BCUT2D eigenvalue weighted by Gasteiger charge is 2.33. The summed E-state index contributed by atoms with van der Waals surface area (Å²) >= 11 is 0. The van der Waals surface area contributed by atoms with E-state index in [9.17, 15) is 72.7 Å². The first-order valence-electron chi connectivity index (χ1n) is 25.9. The van der Waals surface area contributed by atoms with Gasteiger partial charge >= 0.3 is 6.18 Å². The number of methoxy groups -OCH3 is 1. The van der Waals surface area contributed by atoms with Crippen molar-refractivity contribution < 1.29 is 91.6 Å². The molecule has 0 fully saturated rings. The van der Waals surface area contributed by atoms with Crippen LogP contribution in [0, 0.1) is 24.4 Å². The smallest absolute Gasteiger partial charge is 0.416 e. The van der Waals surface area contributed by atoms with E-state index < -0.39 is 64.5 Å². The fourth-order valence-electron chi connectivity index (χ4n) is 7.96. The molecule has 9 rings (SSSR count). The van der Waals surface area contributed by atoms with Crippen LogP contribution in [0.2, 0.25) is 0 Å². The zero-order chi connectivity index (χ0) is 63.4. The van der Waals surface area contributed by atoms with Crippen LogP contribution in [0.25, 0.3) is 0 Å². The normalized spacial score (nSPS) is 13.8. The number of ether oxygens (including phenoxy) is 4. The molecule has 0 radical (unpaired) electrons. The Morgan fingerprint density at radius 2 is 0.862 bits per heavy atom. The maximum absolute atomic E-state index is 13.9. The zero-order valence-corrected chi connectivity index (χ0v) is 46.1. The van der Waals surface area contributed by atoms with Crippen molar-refractivity contribution in [1.29, 1.82) is 0 Å². The van der Waals surface area contributed by atoms with Gasteiger partial charge in [0, 0.05) is 85.6 Å². The standard InChI is InChI=1S/C22H18F3NO3.C21H15F4NO4.C21H16F3NO3/c1-13-6-8-17(12-19(13)23)29-20-10-14(22(2,24)25)7-9-18(20)21(28)26-15-4-3-5-16(27)11-15;1-29-19-16(22)6-3-7-17(19)30-18-10-12(21(23,24)25)8-9-15(18)20(28)26-13-4-2-5-14(27)11-13;1-21(23,24)13-5-10-18(20(27)25-15-3-2-4-16(26)12-15)19(11-13)28-17-8-6-14(22)7-9-17/h3-4,6-12H,5H2,1-2H3,(H,26,28);2-4,6-11H,5H2,1H3,(H,26,28);2-3,5-12H,4H2,1H3,(H,25,27). The molecule has 0 unspecified atom stereocenters. The quantitative estimate of drug-likeness (QED) is 0.0839. The second-order valence-electron chi connectivity index (χ2n) is 19.2. The number of benzene rings is 6. The molecular formula is C64H49F10N3O10. The number of nitrogens with one attached hydrogen (secondary N) is 3. The van der Waals surface area contributed by atoms with Crippen LogP contribution in [0.4, 0.5) is 43.9 Å². The number of rotatable bonds is 15. The summed E-state index contributed by atoms with van der Waals surface area (Å²) in [5.74, 6) is -11.8. The van der Waals surface area contributed by atoms with Gasteiger partial charge < -0.3 is 34.9 Å². The van der Waals surface area contributed by atoms with Crippen LogP contribution in [-0.4, -0.2) is 42.2 Å². The van der Waals surface area contributed by atoms with Crippen molar-refractivity contribution in [3.05, 3.63) is 243 Å². The Morgan fingerprint density at radius 1 is 0.460 bits per heavy atom. The molecule has 87 heavy (non-hydrogen) atoms. The molecule has 23 heteroatoms. The van der Waals surface area contributed by atoms with Crippen molar-refractivity contribution in [3.63, 3.8) is 0 Å². The molecular weight excluding hydrogens is 1160 g/mol. The Bertz CT molecular complexity index is 3850. The van der Waals surface area contributed by atoms with Crippen LogP contribution in [0.5, 0.6) is 40.2 Å². The minimum atomic E-state index is -4.69. The monoisotopic (exact) mass is 1210 g/mol. The number of aryl methyl sites for hydroxylation is 1. The number of amides is 3. The van der Waals surface area contributed by atoms with Crippen molar-refractivity contribution in [2.24, 2.45) is 0 Å². The molecule has 13 nitrogen and oxygen atoms in total. The molecule has 0 saturated carbocycles. The van der Waals surface area contributed by atoms with E-state index in [0.717, 1.165) is 74.5 Å². The van der Waals surface area contributed by atoms with E-state index in [2.05, 4.69) is 16.0 Å². The van der Waals surface area contributed by atoms with Crippen LogP contribution in [0.1, 0.15) is 86.4 Å². The van der Waals surface area contributed by atoms with Gasteiger partial charge in [0.1, 0.15) is 40.4 Å². The lowest BCUT2D eigenvalue weighted by molar-refractivity contribution is -0.137. The van der Waals surface area contributed by atoms with Crippen LogP contribution < -0.4 is 34.9 Å². The van der Waals surface area contributed by atoms with E-state index in [0.29, 0.717) is 17.3 Å². The van der Waals surface area contributed by atoms with Gasteiger partial charge in [-0.25, -0.2) is 30.7 Å². The second kappa shape index (κ2) is 27.6. The molecule has 6 aromatic carbocycles. The highest BCUT2D eigenvalue weighted by molar-refractivity contribution is 6.02. The fraction of sp³-hybridized carbons (Fsp3) is 0.156. The number of halogens is 10. The van der Waals surface area contributed by atoms with Gasteiger partial charge in [-0.15, -0.1) is 0 Å². The number of hydrogen-bond donors (Lipinski definition) is 3. The van der Waals surface area contributed by atoms with Gasteiger partial charge in [0.05, 0.1) is 29.4 Å². The minimum Gasteiger partial charge on any atom is -0.490 e. The van der Waals surface area contributed by atoms with E-state index in [1.54, 1.807) is 37.3 Å². The topological polar surface area (TPSA) is 175 Å². The molecule has 3 aliphatic rings. The third-order valence-electron chi connectivity index (χ3n) is 12.4. The first-order chi connectivity index (χ1) is 41.0. The Balaban J connectivity index is 0.000000187. The number of hydrogen-bond acceptors (Lipinski definition) is 10. The van der Waals surface area contributed by atoms with Crippen molar-refractivity contribution in [2.45, 2.75) is 58.1 Å². The Morgan fingerprint density at radius 3 is 1.26 bits per heavy atom.